The normalized spacial score (nSPS) is 10.2. The molecule has 0 saturated carbocycles. The number of nitrogens with one attached hydrogen (secondary N) is 1. The van der Waals surface area contributed by atoms with Crippen LogP contribution in [-0.4, -0.2) is 18.2 Å². The Morgan fingerprint density at radius 3 is 2.60 bits per heavy atom. The molecular weight excluding hydrogens is 278 g/mol. The maximum absolute atomic E-state index is 11.3. The van der Waals surface area contributed by atoms with Gasteiger partial charge in [0.25, 0.3) is 0 Å². The summed E-state index contributed by atoms with van der Waals surface area (Å²) in [4.78, 5) is 11.3. The van der Waals surface area contributed by atoms with E-state index in [-0.39, 0.29) is 5.56 Å². The van der Waals surface area contributed by atoms with Gasteiger partial charge in [0.15, 0.2) is 0 Å². The Balaban J connectivity index is 2.42. The van der Waals surface area contributed by atoms with Crippen LogP contribution in [0.2, 0.25) is 5.02 Å². The number of rotatable bonds is 4. The van der Waals surface area contributed by atoms with Gasteiger partial charge in [-0.2, -0.15) is 0 Å². The number of hydrogen-bond donors (Lipinski definition) is 2. The molecule has 0 aromatic heterocycles. The zero-order chi connectivity index (χ0) is 14.7. The lowest BCUT2D eigenvalue weighted by Crippen LogP contribution is -2.03. The highest BCUT2D eigenvalue weighted by Gasteiger charge is 2.12. The summed E-state index contributed by atoms with van der Waals surface area (Å²) < 4.78 is 5.13. The van der Waals surface area contributed by atoms with E-state index in [1.807, 2.05) is 13.0 Å². The van der Waals surface area contributed by atoms with Crippen molar-refractivity contribution >= 4 is 28.9 Å². The highest BCUT2D eigenvalue weighted by Crippen LogP contribution is 2.31. The summed E-state index contributed by atoms with van der Waals surface area (Å²) in [7, 11) is 1.56. The number of benzene rings is 2. The van der Waals surface area contributed by atoms with E-state index in [9.17, 15) is 9.90 Å². The number of ether oxygens (including phenoxy) is 1. The molecular formula is C15H14ClNO3. The molecule has 5 heteroatoms. The van der Waals surface area contributed by atoms with Crippen LogP contribution in [0.1, 0.15) is 15.9 Å². The predicted octanol–water partition coefficient (Wildman–Crippen LogP) is 4.10. The van der Waals surface area contributed by atoms with Gasteiger partial charge in [-0.25, -0.2) is 4.79 Å². The Kier molecular flexibility index (Phi) is 4.15. The first-order valence-electron chi connectivity index (χ1n) is 5.96. The molecule has 2 aromatic carbocycles. The second kappa shape index (κ2) is 5.84. The predicted molar refractivity (Wildman–Crippen MR) is 79.4 cm³/mol. The minimum Gasteiger partial charge on any atom is -0.497 e. The number of methoxy groups -OCH3 is 1. The monoisotopic (exact) mass is 291 g/mol. The van der Waals surface area contributed by atoms with Gasteiger partial charge >= 0.3 is 5.97 Å². The lowest BCUT2D eigenvalue weighted by Gasteiger charge is -2.13. The van der Waals surface area contributed by atoms with Crippen LogP contribution in [0, 0.1) is 6.92 Å². The molecule has 0 atom stereocenters. The number of carboxylic acid groups (broad SMARTS) is 1. The SMILES string of the molecule is COc1ccc(Cl)c(Nc2ccc(C)cc2C(=O)O)c1. The van der Waals surface area contributed by atoms with Crippen LogP contribution in [0.15, 0.2) is 36.4 Å². The smallest absolute Gasteiger partial charge is 0.337 e. The van der Waals surface area contributed by atoms with Gasteiger partial charge in [-0.15, -0.1) is 0 Å². The van der Waals surface area contributed by atoms with Crippen molar-refractivity contribution in [3.05, 3.63) is 52.5 Å². The van der Waals surface area contributed by atoms with E-state index in [1.54, 1.807) is 37.4 Å². The van der Waals surface area contributed by atoms with Crippen LogP contribution in [0.5, 0.6) is 5.75 Å². The van der Waals surface area contributed by atoms with Gasteiger partial charge in [0.2, 0.25) is 0 Å². The van der Waals surface area contributed by atoms with E-state index >= 15 is 0 Å². The summed E-state index contributed by atoms with van der Waals surface area (Å²) in [5.41, 5.74) is 2.16. The zero-order valence-electron chi connectivity index (χ0n) is 11.1. The largest absolute Gasteiger partial charge is 0.497 e. The third kappa shape index (κ3) is 3.03. The fourth-order valence-corrected chi connectivity index (χ4v) is 1.98. The quantitative estimate of drug-likeness (QED) is 0.890. The molecule has 4 nitrogen and oxygen atoms in total. The second-order valence-electron chi connectivity index (χ2n) is 4.32. The van der Waals surface area contributed by atoms with Gasteiger partial charge in [-0.3, -0.25) is 0 Å². The molecule has 2 aromatic rings. The number of aryl methyl sites for hydroxylation is 1. The molecule has 0 spiro atoms. The molecule has 0 saturated heterocycles. The van der Waals surface area contributed by atoms with E-state index in [4.69, 9.17) is 16.3 Å². The van der Waals surface area contributed by atoms with Crippen molar-refractivity contribution in [2.24, 2.45) is 0 Å². The second-order valence-corrected chi connectivity index (χ2v) is 4.73. The first-order chi connectivity index (χ1) is 9.51. The van der Waals surface area contributed by atoms with E-state index in [0.29, 0.717) is 22.1 Å². The Hall–Kier alpha value is -2.20. The number of carboxylic acids is 1. The maximum Gasteiger partial charge on any atom is 0.337 e. The summed E-state index contributed by atoms with van der Waals surface area (Å²) in [5.74, 6) is -0.351. The van der Waals surface area contributed by atoms with E-state index in [0.717, 1.165) is 5.56 Å². The van der Waals surface area contributed by atoms with Crippen LogP contribution in [0.3, 0.4) is 0 Å². The molecule has 20 heavy (non-hydrogen) atoms. The third-order valence-electron chi connectivity index (χ3n) is 2.85. The van der Waals surface area contributed by atoms with Gasteiger partial charge in [-0.05, 0) is 31.2 Å². The van der Waals surface area contributed by atoms with Gasteiger partial charge in [0, 0.05) is 6.07 Å². The molecule has 0 aliphatic heterocycles. The Morgan fingerprint density at radius 1 is 1.20 bits per heavy atom. The van der Waals surface area contributed by atoms with Crippen molar-refractivity contribution in [3.63, 3.8) is 0 Å². The molecule has 0 radical (unpaired) electrons. The Bertz CT molecular complexity index is 656. The van der Waals surface area contributed by atoms with Crippen molar-refractivity contribution < 1.29 is 14.6 Å². The highest BCUT2D eigenvalue weighted by molar-refractivity contribution is 6.33. The first-order valence-corrected chi connectivity index (χ1v) is 6.33. The summed E-state index contributed by atoms with van der Waals surface area (Å²) in [6.45, 7) is 1.84. The van der Waals surface area contributed by atoms with Crippen molar-refractivity contribution in [2.45, 2.75) is 6.92 Å². The molecule has 0 aliphatic carbocycles. The van der Waals surface area contributed by atoms with Crippen molar-refractivity contribution in [3.8, 4) is 5.75 Å². The zero-order valence-corrected chi connectivity index (χ0v) is 11.9. The highest BCUT2D eigenvalue weighted by atomic mass is 35.5. The van der Waals surface area contributed by atoms with Gasteiger partial charge in [-0.1, -0.05) is 23.2 Å². The number of aromatic carboxylic acids is 1. The molecule has 104 valence electrons. The van der Waals surface area contributed by atoms with Gasteiger partial charge < -0.3 is 15.2 Å². The average molecular weight is 292 g/mol. The van der Waals surface area contributed by atoms with E-state index < -0.39 is 5.97 Å². The summed E-state index contributed by atoms with van der Waals surface area (Å²) in [5, 5.41) is 12.8. The number of anilines is 2. The fraction of sp³-hybridized carbons (Fsp3) is 0.133. The molecule has 0 unspecified atom stereocenters. The number of halogens is 1. The molecule has 0 aliphatic rings. The topological polar surface area (TPSA) is 58.6 Å². The minimum absolute atomic E-state index is 0.198. The Labute approximate surface area is 122 Å². The molecule has 2 rings (SSSR count). The summed E-state index contributed by atoms with van der Waals surface area (Å²) in [6.07, 6.45) is 0. The first kappa shape index (κ1) is 14.2. The molecule has 2 N–H and O–H groups in total. The van der Waals surface area contributed by atoms with Gasteiger partial charge in [0.1, 0.15) is 5.75 Å². The average Bonchev–Trinajstić information content (AvgIpc) is 2.42. The minimum atomic E-state index is -0.991. The van der Waals surface area contributed by atoms with E-state index in [1.165, 1.54) is 0 Å². The standard InChI is InChI=1S/C15H14ClNO3/c1-9-3-6-13(11(7-9)15(18)19)17-14-8-10(20-2)4-5-12(14)16/h3-8,17H,1-2H3,(H,18,19). The third-order valence-corrected chi connectivity index (χ3v) is 3.18. The molecule has 0 bridgehead atoms. The lowest BCUT2D eigenvalue weighted by atomic mass is 10.1. The van der Waals surface area contributed by atoms with Crippen LogP contribution < -0.4 is 10.1 Å². The van der Waals surface area contributed by atoms with Crippen molar-refractivity contribution in [1.82, 2.24) is 0 Å². The summed E-state index contributed by atoms with van der Waals surface area (Å²) in [6, 6.07) is 10.3. The summed E-state index contributed by atoms with van der Waals surface area (Å²) >= 11 is 6.10. The van der Waals surface area contributed by atoms with Crippen molar-refractivity contribution in [2.75, 3.05) is 12.4 Å². The van der Waals surface area contributed by atoms with Gasteiger partial charge in [0.05, 0.1) is 29.1 Å². The fourth-order valence-electron chi connectivity index (χ4n) is 1.82. The molecule has 0 heterocycles. The molecule has 0 amide bonds. The van der Waals surface area contributed by atoms with Crippen molar-refractivity contribution in [1.29, 1.82) is 0 Å². The van der Waals surface area contributed by atoms with Crippen LogP contribution in [-0.2, 0) is 0 Å². The molecule has 0 fully saturated rings. The number of carbonyl (C=O) groups is 1. The van der Waals surface area contributed by atoms with Crippen LogP contribution in [0.25, 0.3) is 0 Å². The Morgan fingerprint density at radius 2 is 1.95 bits per heavy atom. The van der Waals surface area contributed by atoms with Crippen LogP contribution >= 0.6 is 11.6 Å². The van der Waals surface area contributed by atoms with Crippen LogP contribution in [0.4, 0.5) is 11.4 Å². The number of hydrogen-bond acceptors (Lipinski definition) is 3. The maximum atomic E-state index is 11.3. The van der Waals surface area contributed by atoms with E-state index in [2.05, 4.69) is 5.32 Å². The lowest BCUT2D eigenvalue weighted by molar-refractivity contribution is 0.0698.